The van der Waals surface area contributed by atoms with Crippen molar-refractivity contribution in [2.24, 2.45) is 11.7 Å². The first-order valence-corrected chi connectivity index (χ1v) is 17.1. The largest absolute Gasteiger partial charge is 0.378 e. The topological polar surface area (TPSA) is 166 Å². The number of likely N-dealkylation sites (N-methyl/N-ethyl adjacent to an activating group) is 2. The zero-order valence-electron chi connectivity index (χ0n) is 29.8. The molecule has 0 aromatic carbocycles. The average molecular weight is 681 g/mol. The van der Waals surface area contributed by atoms with E-state index in [0.29, 0.717) is 51.3 Å². The molecule has 1 aliphatic carbocycles. The third kappa shape index (κ3) is 31.6. The van der Waals surface area contributed by atoms with E-state index in [1.165, 1.54) is 50.8 Å². The minimum Gasteiger partial charge on any atom is -0.378 e. The second kappa shape index (κ2) is 38.8. The Kier molecular flexibility index (Phi) is 42.6. The highest BCUT2D eigenvalue weighted by Gasteiger charge is 2.25. The van der Waals surface area contributed by atoms with Gasteiger partial charge in [-0.2, -0.15) is 0 Å². The standard InChI is InChI=1S/C26H47N3O7S.2C2H6.CH3NO.CH2O/c1-22(31)19-36-20-25(32)28(3)12-11-27(2)21-35-15-14-34-16-17-37-24(10-13-30)26(33)29(4)18-23-8-6-5-7-9-23;2*1-2;2-1-3;1-2/h13,23-24H,5-12,14-21H2,1-4H3;2*1-2H3;1H,(H2,2,3);1H2. The van der Waals surface area contributed by atoms with Crippen LogP contribution in [-0.4, -0.2) is 143 Å². The summed E-state index contributed by atoms with van der Waals surface area (Å²) in [6.45, 7) is 15.0. The zero-order chi connectivity index (χ0) is 36.2. The summed E-state index contributed by atoms with van der Waals surface area (Å²) in [5.41, 5.74) is 4.17. The Hall–Kier alpha value is -2.39. The lowest BCUT2D eigenvalue weighted by Gasteiger charge is -2.29. The Morgan fingerprint density at radius 3 is 1.98 bits per heavy atom. The number of ether oxygens (including phenoxy) is 3. The highest BCUT2D eigenvalue weighted by molar-refractivity contribution is 8.00. The van der Waals surface area contributed by atoms with Crippen LogP contribution in [-0.2, 0) is 43.0 Å². The molecule has 0 heterocycles. The lowest BCUT2D eigenvalue weighted by molar-refractivity contribution is -0.136. The molecule has 0 aliphatic heterocycles. The molecule has 14 heteroatoms. The Labute approximate surface area is 282 Å². The maximum Gasteiger partial charge on any atom is 0.248 e. The van der Waals surface area contributed by atoms with E-state index in [9.17, 15) is 19.2 Å². The van der Waals surface area contributed by atoms with Gasteiger partial charge in [0.25, 0.3) is 0 Å². The fourth-order valence-electron chi connectivity index (χ4n) is 4.01. The Morgan fingerprint density at radius 1 is 0.870 bits per heavy atom. The summed E-state index contributed by atoms with van der Waals surface area (Å²) >= 11 is 1.48. The number of hydrogen-bond donors (Lipinski definition) is 1. The number of carbonyl (C=O) groups is 6. The molecule has 1 atom stereocenters. The van der Waals surface area contributed by atoms with Crippen LogP contribution in [0.15, 0.2) is 0 Å². The van der Waals surface area contributed by atoms with Crippen LogP contribution in [0.4, 0.5) is 0 Å². The van der Waals surface area contributed by atoms with Gasteiger partial charge in [0.1, 0.15) is 26.3 Å². The molecule has 0 radical (unpaired) electrons. The van der Waals surface area contributed by atoms with Gasteiger partial charge in [0.05, 0.1) is 31.8 Å². The van der Waals surface area contributed by atoms with Gasteiger partial charge < -0.3 is 39.3 Å². The third-order valence-electron chi connectivity index (χ3n) is 6.22. The van der Waals surface area contributed by atoms with Crippen LogP contribution in [0.5, 0.6) is 0 Å². The molecule has 0 aromatic heterocycles. The van der Waals surface area contributed by atoms with Crippen LogP contribution in [0.3, 0.4) is 0 Å². The van der Waals surface area contributed by atoms with Gasteiger partial charge in [0, 0.05) is 45.9 Å². The van der Waals surface area contributed by atoms with Crippen LogP contribution in [0.1, 0.15) is 73.1 Å². The number of aldehydes is 1. The third-order valence-corrected chi connectivity index (χ3v) is 7.42. The van der Waals surface area contributed by atoms with E-state index in [4.69, 9.17) is 23.8 Å². The molecule has 2 N–H and O–H groups in total. The molecule has 1 fully saturated rings. The molecule has 1 aliphatic rings. The number of thioether (sulfide) groups is 1. The molecule has 0 bridgehead atoms. The summed E-state index contributed by atoms with van der Waals surface area (Å²) in [7, 11) is 5.45. The average Bonchev–Trinajstić information content (AvgIpc) is 3.07. The van der Waals surface area contributed by atoms with Gasteiger partial charge in [-0.25, -0.2) is 0 Å². The summed E-state index contributed by atoms with van der Waals surface area (Å²) in [5, 5.41) is -0.356. The second-order valence-corrected chi connectivity index (χ2v) is 11.2. The van der Waals surface area contributed by atoms with Crippen molar-refractivity contribution in [2.75, 3.05) is 86.3 Å². The Morgan fingerprint density at radius 2 is 1.43 bits per heavy atom. The van der Waals surface area contributed by atoms with E-state index >= 15 is 0 Å². The summed E-state index contributed by atoms with van der Waals surface area (Å²) in [4.78, 5) is 68.6. The van der Waals surface area contributed by atoms with Crippen LogP contribution in [0.2, 0.25) is 0 Å². The molecule has 272 valence electrons. The highest BCUT2D eigenvalue weighted by atomic mass is 32.2. The number of hydrogen-bond acceptors (Lipinski definition) is 11. The fraction of sp³-hybridized carbons (Fsp3) is 0.812. The zero-order valence-corrected chi connectivity index (χ0v) is 30.6. The van der Waals surface area contributed by atoms with E-state index in [-0.39, 0.29) is 48.9 Å². The molecule has 1 rings (SSSR count). The minimum atomic E-state index is -0.356. The smallest absolute Gasteiger partial charge is 0.248 e. The molecular weight excluding hydrogens is 616 g/mol. The molecule has 0 saturated heterocycles. The van der Waals surface area contributed by atoms with Crippen LogP contribution in [0, 0.1) is 5.92 Å². The maximum absolute atomic E-state index is 12.8. The predicted octanol–water partition coefficient (Wildman–Crippen LogP) is 2.67. The van der Waals surface area contributed by atoms with Gasteiger partial charge in [-0.3, -0.25) is 24.1 Å². The lowest BCUT2D eigenvalue weighted by atomic mass is 9.89. The maximum atomic E-state index is 12.8. The summed E-state index contributed by atoms with van der Waals surface area (Å²) in [6.07, 6.45) is 7.45. The molecular formula is C32H64N4O9S. The van der Waals surface area contributed by atoms with E-state index in [0.717, 1.165) is 12.8 Å². The van der Waals surface area contributed by atoms with Crippen molar-refractivity contribution in [3.63, 3.8) is 0 Å². The van der Waals surface area contributed by atoms with E-state index < -0.39 is 0 Å². The lowest BCUT2D eigenvalue weighted by Crippen LogP contribution is -2.38. The molecule has 0 spiro atoms. The van der Waals surface area contributed by atoms with Crippen molar-refractivity contribution in [1.82, 2.24) is 14.7 Å². The van der Waals surface area contributed by atoms with Gasteiger partial charge in [0.2, 0.25) is 18.2 Å². The molecule has 46 heavy (non-hydrogen) atoms. The number of carbonyl (C=O) groups excluding carboxylic acids is 6. The number of Topliss-reactive ketones (excluding diaryl/α,β-unsaturated/α-hetero) is 1. The van der Waals surface area contributed by atoms with Crippen molar-refractivity contribution in [1.29, 1.82) is 0 Å². The highest BCUT2D eigenvalue weighted by Crippen LogP contribution is 2.25. The number of primary amides is 1. The van der Waals surface area contributed by atoms with Crippen molar-refractivity contribution < 1.29 is 43.0 Å². The second-order valence-electron chi connectivity index (χ2n) is 9.86. The van der Waals surface area contributed by atoms with Crippen LogP contribution in [0.25, 0.3) is 0 Å². The summed E-state index contributed by atoms with van der Waals surface area (Å²) < 4.78 is 16.3. The van der Waals surface area contributed by atoms with E-state index in [2.05, 4.69) is 5.73 Å². The monoisotopic (exact) mass is 680 g/mol. The molecule has 1 saturated carbocycles. The normalized spacial score (nSPS) is 12.6. The fourth-order valence-corrected chi connectivity index (χ4v) is 5.05. The molecule has 1 unspecified atom stereocenters. The number of nitrogens with zero attached hydrogens (tertiary/aromatic N) is 3. The number of nitrogens with two attached hydrogens (primary N) is 1. The van der Waals surface area contributed by atoms with Crippen molar-refractivity contribution in [3.05, 3.63) is 0 Å². The van der Waals surface area contributed by atoms with Gasteiger partial charge in [-0.1, -0.05) is 47.0 Å². The molecule has 0 aromatic rings. The first-order valence-electron chi connectivity index (χ1n) is 16.1. The molecule has 13 nitrogen and oxygen atoms in total. The predicted molar refractivity (Wildman–Crippen MR) is 185 cm³/mol. The summed E-state index contributed by atoms with van der Waals surface area (Å²) in [6, 6.07) is 0. The van der Waals surface area contributed by atoms with Gasteiger partial charge in [-0.05, 0) is 32.7 Å². The Balaban J connectivity index is -0.000000887. The van der Waals surface area contributed by atoms with E-state index in [1.54, 1.807) is 16.8 Å². The van der Waals surface area contributed by atoms with Gasteiger partial charge >= 0.3 is 0 Å². The molecule has 3 amide bonds. The van der Waals surface area contributed by atoms with Gasteiger partial charge in [-0.15, -0.1) is 11.8 Å². The first kappa shape index (κ1) is 50.5. The van der Waals surface area contributed by atoms with Crippen molar-refractivity contribution in [2.45, 2.75) is 78.4 Å². The van der Waals surface area contributed by atoms with Crippen LogP contribution >= 0.6 is 11.8 Å². The Bertz CT molecular complexity index is 744. The first-order chi connectivity index (χ1) is 22.2. The number of ketones is 1. The number of rotatable bonds is 21. The number of amides is 3. The van der Waals surface area contributed by atoms with Crippen LogP contribution < -0.4 is 5.73 Å². The summed E-state index contributed by atoms with van der Waals surface area (Å²) in [5.74, 6) is 0.964. The minimum absolute atomic E-state index is 0.0324. The quantitative estimate of drug-likeness (QED) is 0.108. The SMILES string of the molecule is C=O.CC.CC.CC(=O)COCC(=O)N(C)CCN(C)COCCOCCSC(CC=O)C(=O)N(C)CC1CCCCC1.NC=O. The van der Waals surface area contributed by atoms with Crippen molar-refractivity contribution in [3.8, 4) is 0 Å². The van der Waals surface area contributed by atoms with E-state index in [1.807, 2.05) is 53.5 Å². The van der Waals surface area contributed by atoms with Crippen molar-refractivity contribution >= 4 is 48.8 Å². The van der Waals surface area contributed by atoms with Gasteiger partial charge in [0.15, 0.2) is 5.78 Å².